The molecule has 0 aliphatic carbocycles. The van der Waals surface area contributed by atoms with Crippen molar-refractivity contribution >= 4 is 17.5 Å². The van der Waals surface area contributed by atoms with Gasteiger partial charge in [0.05, 0.1) is 23.1 Å². The molecule has 1 aromatic carbocycles. The first-order chi connectivity index (χ1) is 12.4. The van der Waals surface area contributed by atoms with Gasteiger partial charge in [-0.3, -0.25) is 4.79 Å². The van der Waals surface area contributed by atoms with Crippen molar-refractivity contribution in [3.8, 4) is 5.69 Å². The quantitative estimate of drug-likeness (QED) is 0.837. The Hall–Kier alpha value is -1.85. The van der Waals surface area contributed by atoms with Crippen LogP contribution in [0.5, 0.6) is 0 Å². The van der Waals surface area contributed by atoms with Gasteiger partial charge >= 0.3 is 0 Å². The van der Waals surface area contributed by atoms with Crippen molar-refractivity contribution in [2.75, 3.05) is 19.6 Å². The highest BCUT2D eigenvalue weighted by atomic mass is 35.5. The van der Waals surface area contributed by atoms with Gasteiger partial charge in [0.15, 0.2) is 0 Å². The maximum absolute atomic E-state index is 12.9. The average molecular weight is 375 g/mol. The minimum Gasteiger partial charge on any atom is -0.351 e. The lowest BCUT2D eigenvalue weighted by Crippen LogP contribution is -2.43. The van der Waals surface area contributed by atoms with E-state index in [0.717, 1.165) is 37.3 Å². The number of rotatable bonds is 5. The molecule has 140 valence electrons. The van der Waals surface area contributed by atoms with E-state index >= 15 is 0 Å². The lowest BCUT2D eigenvalue weighted by Gasteiger charge is -2.34. The van der Waals surface area contributed by atoms with Gasteiger partial charge in [-0.1, -0.05) is 32.4 Å². The standard InChI is InChI=1S/C20H27ClN4O/c1-14(2)18-17(12-24-25(18)16-6-4-15(21)5-7-16)19(26)23-13-20(3)8-10-22-11-9-20/h4-7,12,14,22H,8-11,13H2,1-3H3,(H,23,26). The van der Waals surface area contributed by atoms with Gasteiger partial charge in [0, 0.05) is 11.6 Å². The van der Waals surface area contributed by atoms with Crippen LogP contribution in [0.4, 0.5) is 0 Å². The molecule has 2 heterocycles. The summed E-state index contributed by atoms with van der Waals surface area (Å²) in [6.45, 7) is 9.12. The maximum Gasteiger partial charge on any atom is 0.254 e. The Morgan fingerprint density at radius 2 is 1.96 bits per heavy atom. The van der Waals surface area contributed by atoms with Gasteiger partial charge in [-0.15, -0.1) is 0 Å². The van der Waals surface area contributed by atoms with Crippen LogP contribution >= 0.6 is 11.6 Å². The zero-order chi connectivity index (χ0) is 18.7. The number of hydrogen-bond donors (Lipinski definition) is 2. The molecule has 1 aromatic heterocycles. The number of carbonyl (C=O) groups is 1. The third kappa shape index (κ3) is 4.10. The van der Waals surface area contributed by atoms with Crippen molar-refractivity contribution in [3.63, 3.8) is 0 Å². The van der Waals surface area contributed by atoms with E-state index in [-0.39, 0.29) is 17.2 Å². The van der Waals surface area contributed by atoms with Crippen molar-refractivity contribution in [1.29, 1.82) is 0 Å². The number of amides is 1. The van der Waals surface area contributed by atoms with Crippen LogP contribution in [0, 0.1) is 5.41 Å². The Labute approximate surface area is 160 Å². The molecule has 0 saturated carbocycles. The molecule has 1 aliphatic heterocycles. The molecule has 0 radical (unpaired) electrons. The Morgan fingerprint density at radius 1 is 1.31 bits per heavy atom. The molecule has 3 rings (SSSR count). The van der Waals surface area contributed by atoms with E-state index in [9.17, 15) is 4.79 Å². The first-order valence-corrected chi connectivity index (χ1v) is 9.60. The van der Waals surface area contributed by atoms with Gasteiger partial charge in [0.1, 0.15) is 0 Å². The first-order valence-electron chi connectivity index (χ1n) is 9.22. The van der Waals surface area contributed by atoms with Crippen LogP contribution in [0.2, 0.25) is 5.02 Å². The van der Waals surface area contributed by atoms with Gasteiger partial charge < -0.3 is 10.6 Å². The van der Waals surface area contributed by atoms with E-state index in [2.05, 4.69) is 36.5 Å². The van der Waals surface area contributed by atoms with Crippen molar-refractivity contribution in [1.82, 2.24) is 20.4 Å². The minimum absolute atomic E-state index is 0.0475. The highest BCUT2D eigenvalue weighted by molar-refractivity contribution is 6.30. The fourth-order valence-electron chi connectivity index (χ4n) is 3.47. The van der Waals surface area contributed by atoms with Crippen LogP contribution in [0.1, 0.15) is 55.6 Å². The normalized spacial score (nSPS) is 16.7. The van der Waals surface area contributed by atoms with E-state index in [1.54, 1.807) is 6.20 Å². The maximum atomic E-state index is 12.9. The van der Waals surface area contributed by atoms with E-state index in [4.69, 9.17) is 11.6 Å². The van der Waals surface area contributed by atoms with Crippen LogP contribution in [0.25, 0.3) is 5.69 Å². The SMILES string of the molecule is CC(C)c1c(C(=O)NCC2(C)CCNCC2)cnn1-c1ccc(Cl)cc1. The molecule has 2 aromatic rings. The molecule has 0 spiro atoms. The minimum atomic E-state index is -0.0475. The topological polar surface area (TPSA) is 59.0 Å². The molecular weight excluding hydrogens is 348 g/mol. The molecular formula is C20H27ClN4O. The van der Waals surface area contributed by atoms with Gasteiger partial charge in [0.25, 0.3) is 5.91 Å². The predicted octanol–water partition coefficient (Wildman–Crippen LogP) is 3.77. The van der Waals surface area contributed by atoms with Crippen LogP contribution in [0.3, 0.4) is 0 Å². The van der Waals surface area contributed by atoms with E-state index in [0.29, 0.717) is 17.1 Å². The number of nitrogens with one attached hydrogen (secondary N) is 2. The molecule has 0 unspecified atom stereocenters. The van der Waals surface area contributed by atoms with Crippen molar-refractivity contribution in [2.45, 2.75) is 39.5 Å². The average Bonchev–Trinajstić information content (AvgIpc) is 3.06. The van der Waals surface area contributed by atoms with E-state index < -0.39 is 0 Å². The lowest BCUT2D eigenvalue weighted by atomic mass is 9.81. The number of nitrogens with zero attached hydrogens (tertiary/aromatic N) is 2. The third-order valence-corrected chi connectivity index (χ3v) is 5.41. The van der Waals surface area contributed by atoms with Gasteiger partial charge in [-0.05, 0) is 61.5 Å². The van der Waals surface area contributed by atoms with Gasteiger partial charge in [-0.2, -0.15) is 5.10 Å². The fraction of sp³-hybridized carbons (Fsp3) is 0.500. The zero-order valence-electron chi connectivity index (χ0n) is 15.7. The fourth-order valence-corrected chi connectivity index (χ4v) is 3.60. The summed E-state index contributed by atoms with van der Waals surface area (Å²) in [7, 11) is 0. The number of hydrogen-bond acceptors (Lipinski definition) is 3. The second-order valence-corrected chi connectivity index (χ2v) is 8.17. The molecule has 1 aliphatic rings. The predicted molar refractivity (Wildman–Crippen MR) is 105 cm³/mol. The third-order valence-electron chi connectivity index (χ3n) is 5.16. The summed E-state index contributed by atoms with van der Waals surface area (Å²) in [6, 6.07) is 7.50. The monoisotopic (exact) mass is 374 g/mol. The summed E-state index contributed by atoms with van der Waals surface area (Å²) in [5.74, 6) is 0.122. The largest absolute Gasteiger partial charge is 0.351 e. The highest BCUT2D eigenvalue weighted by Crippen LogP contribution is 2.28. The zero-order valence-corrected chi connectivity index (χ0v) is 16.4. The smallest absolute Gasteiger partial charge is 0.254 e. The van der Waals surface area contributed by atoms with Gasteiger partial charge in [-0.25, -0.2) is 4.68 Å². The number of piperidine rings is 1. The number of aromatic nitrogens is 2. The Balaban J connectivity index is 1.81. The summed E-state index contributed by atoms with van der Waals surface area (Å²) < 4.78 is 1.84. The summed E-state index contributed by atoms with van der Waals surface area (Å²) >= 11 is 5.99. The van der Waals surface area contributed by atoms with Crippen LogP contribution in [-0.2, 0) is 0 Å². The second-order valence-electron chi connectivity index (χ2n) is 7.73. The van der Waals surface area contributed by atoms with E-state index in [1.165, 1.54) is 0 Å². The summed E-state index contributed by atoms with van der Waals surface area (Å²) in [6.07, 6.45) is 3.83. The Kier molecular flexibility index (Phi) is 5.68. The number of carbonyl (C=O) groups excluding carboxylic acids is 1. The van der Waals surface area contributed by atoms with Gasteiger partial charge in [0.2, 0.25) is 0 Å². The summed E-state index contributed by atoms with van der Waals surface area (Å²) in [4.78, 5) is 12.9. The molecule has 0 atom stereocenters. The molecule has 0 bridgehead atoms. The molecule has 2 N–H and O–H groups in total. The van der Waals surface area contributed by atoms with E-state index in [1.807, 2.05) is 28.9 Å². The van der Waals surface area contributed by atoms with Crippen LogP contribution < -0.4 is 10.6 Å². The highest BCUT2D eigenvalue weighted by Gasteiger charge is 2.28. The molecule has 26 heavy (non-hydrogen) atoms. The molecule has 5 nitrogen and oxygen atoms in total. The Bertz CT molecular complexity index is 761. The van der Waals surface area contributed by atoms with Crippen molar-refractivity contribution < 1.29 is 4.79 Å². The first kappa shape index (κ1) is 18.9. The number of benzene rings is 1. The lowest BCUT2D eigenvalue weighted by molar-refractivity contribution is 0.0921. The molecule has 1 fully saturated rings. The van der Waals surface area contributed by atoms with Crippen molar-refractivity contribution in [2.24, 2.45) is 5.41 Å². The molecule has 1 saturated heterocycles. The molecule has 1 amide bonds. The second kappa shape index (κ2) is 7.80. The summed E-state index contributed by atoms with van der Waals surface area (Å²) in [5.41, 5.74) is 2.63. The van der Waals surface area contributed by atoms with Crippen LogP contribution in [-0.4, -0.2) is 35.3 Å². The summed E-state index contributed by atoms with van der Waals surface area (Å²) in [5, 5.41) is 11.7. The van der Waals surface area contributed by atoms with Crippen LogP contribution in [0.15, 0.2) is 30.5 Å². The van der Waals surface area contributed by atoms with Crippen molar-refractivity contribution in [3.05, 3.63) is 46.7 Å². The Morgan fingerprint density at radius 3 is 2.58 bits per heavy atom. The molecule has 6 heteroatoms. The number of halogens is 1.